The Bertz CT molecular complexity index is 1910. The third-order valence-corrected chi connectivity index (χ3v) is 6.28. The Morgan fingerprint density at radius 3 is 1.77 bits per heavy atom. The number of alkyl halides is 6. The number of amides is 2. The second-order valence-electron chi connectivity index (χ2n) is 9.04. The molecule has 0 fully saturated rings. The largest absolute Gasteiger partial charge is 0.471 e. The lowest BCUT2D eigenvalue weighted by atomic mass is 9.84. The number of H-pyrrole nitrogens is 1. The molecule has 2 amide bonds. The predicted molar refractivity (Wildman–Crippen MR) is 138 cm³/mol. The second kappa shape index (κ2) is 10.3. The van der Waals surface area contributed by atoms with Crippen molar-refractivity contribution in [3.8, 4) is 22.4 Å². The van der Waals surface area contributed by atoms with Gasteiger partial charge in [0.05, 0.1) is 22.5 Å². The van der Waals surface area contributed by atoms with Crippen molar-refractivity contribution in [1.29, 1.82) is 0 Å². The minimum atomic E-state index is -5.29. The van der Waals surface area contributed by atoms with E-state index in [1.54, 1.807) is 10.6 Å². The first kappa shape index (κ1) is 28.9. The number of ketones is 2. The number of benzene rings is 2. The fourth-order valence-electron chi connectivity index (χ4n) is 4.41. The lowest BCUT2D eigenvalue weighted by Crippen LogP contribution is -2.30. The average Bonchev–Trinajstić information content (AvgIpc) is 2.95. The number of aromatic amines is 1. The van der Waals surface area contributed by atoms with Crippen LogP contribution >= 0.6 is 0 Å². The van der Waals surface area contributed by atoms with Gasteiger partial charge in [-0.25, -0.2) is 4.98 Å². The summed E-state index contributed by atoms with van der Waals surface area (Å²) >= 11 is 0. The van der Waals surface area contributed by atoms with Crippen molar-refractivity contribution in [3.05, 3.63) is 99.6 Å². The molecule has 0 aliphatic heterocycles. The van der Waals surface area contributed by atoms with E-state index < -0.39 is 69.6 Å². The van der Waals surface area contributed by atoms with Crippen LogP contribution in [0, 0.1) is 0 Å². The molecule has 0 atom stereocenters. The van der Waals surface area contributed by atoms with Gasteiger partial charge in [-0.05, 0) is 29.8 Å². The molecule has 2 aromatic carbocycles. The van der Waals surface area contributed by atoms with Gasteiger partial charge < -0.3 is 15.6 Å². The molecule has 3 N–H and O–H groups in total. The third-order valence-electron chi connectivity index (χ3n) is 6.28. The summed E-state index contributed by atoms with van der Waals surface area (Å²) in [4.78, 5) is 69.1. The zero-order valence-electron chi connectivity index (χ0n) is 21.1. The number of para-hydroxylation sites is 2. The highest BCUT2D eigenvalue weighted by Crippen LogP contribution is 2.40. The number of aromatic nitrogens is 2. The van der Waals surface area contributed by atoms with Gasteiger partial charge in [0.15, 0.2) is 5.78 Å². The summed E-state index contributed by atoms with van der Waals surface area (Å²) in [6.45, 7) is 0. The number of fused-ring (bicyclic) bond motifs is 2. The molecule has 0 saturated heterocycles. The number of carbonyl (C=O) groups excluding carboxylic acids is 4. The normalized spacial score (nSPS) is 12.8. The Morgan fingerprint density at radius 1 is 0.651 bits per heavy atom. The minimum Gasteiger partial charge on any atom is -0.318 e. The standard InChI is InChI=1S/C28H14F6N4O5/c29-27(30,31)25(42)36-16-7-3-1-5-12(16)15-11-18(13-6-2-4-8-17(13)37-26(43)28(32,33)34)35-22-20(15)23(40)14-9-10-19(39)38-21(14)24(22)41/h1-11H,(H,36,42)(H,37,43)(H,38,39). The summed E-state index contributed by atoms with van der Waals surface area (Å²) in [5.74, 6) is -6.49. The molecule has 1 aliphatic carbocycles. The van der Waals surface area contributed by atoms with Crippen molar-refractivity contribution in [1.82, 2.24) is 9.97 Å². The Balaban J connectivity index is 1.79. The molecule has 0 spiro atoms. The van der Waals surface area contributed by atoms with Crippen LogP contribution < -0.4 is 16.2 Å². The highest BCUT2D eigenvalue weighted by molar-refractivity contribution is 6.29. The van der Waals surface area contributed by atoms with E-state index in [4.69, 9.17) is 0 Å². The molecule has 0 unspecified atom stereocenters. The Hall–Kier alpha value is -5.60. The Kier molecular flexibility index (Phi) is 6.96. The summed E-state index contributed by atoms with van der Waals surface area (Å²) in [7, 11) is 0. The topological polar surface area (TPSA) is 138 Å². The molecule has 0 radical (unpaired) electrons. The number of halogens is 6. The van der Waals surface area contributed by atoms with E-state index in [0.717, 1.165) is 30.3 Å². The Morgan fingerprint density at radius 2 is 1.19 bits per heavy atom. The summed E-state index contributed by atoms with van der Waals surface area (Å²) in [5.41, 5.74) is -4.04. The minimum absolute atomic E-state index is 0.159. The smallest absolute Gasteiger partial charge is 0.318 e. The van der Waals surface area contributed by atoms with Crippen molar-refractivity contribution >= 4 is 34.8 Å². The van der Waals surface area contributed by atoms with Gasteiger partial charge >= 0.3 is 24.2 Å². The van der Waals surface area contributed by atoms with Crippen LogP contribution in [0.1, 0.15) is 32.1 Å². The molecular weight excluding hydrogens is 586 g/mol. The fourth-order valence-corrected chi connectivity index (χ4v) is 4.41. The van der Waals surface area contributed by atoms with Crippen LogP contribution in [0.3, 0.4) is 0 Å². The van der Waals surface area contributed by atoms with Gasteiger partial charge in [0, 0.05) is 22.9 Å². The lowest BCUT2D eigenvalue weighted by Gasteiger charge is -2.22. The van der Waals surface area contributed by atoms with Gasteiger partial charge in [0.1, 0.15) is 11.4 Å². The monoisotopic (exact) mass is 600 g/mol. The van der Waals surface area contributed by atoms with Crippen molar-refractivity contribution in [2.24, 2.45) is 0 Å². The molecule has 5 rings (SSSR count). The second-order valence-corrected chi connectivity index (χ2v) is 9.04. The molecule has 15 heteroatoms. The van der Waals surface area contributed by atoms with Crippen LogP contribution in [0.15, 0.2) is 71.5 Å². The predicted octanol–water partition coefficient (Wildman–Crippen LogP) is 4.88. The van der Waals surface area contributed by atoms with Crippen molar-refractivity contribution in [2.75, 3.05) is 10.6 Å². The fraction of sp³-hybridized carbons (Fsp3) is 0.0714. The van der Waals surface area contributed by atoms with Crippen molar-refractivity contribution in [3.63, 3.8) is 0 Å². The number of hydrogen-bond acceptors (Lipinski definition) is 6. The van der Waals surface area contributed by atoms with Crippen molar-refractivity contribution in [2.45, 2.75) is 12.4 Å². The van der Waals surface area contributed by atoms with Crippen LogP contribution in [0.5, 0.6) is 0 Å². The summed E-state index contributed by atoms with van der Waals surface area (Å²) in [6.07, 6.45) is -10.6. The van der Waals surface area contributed by atoms with E-state index in [0.29, 0.717) is 0 Å². The SMILES string of the molecule is O=C1c2nc(-c3ccccc3NC(=O)C(F)(F)F)cc(-c3ccccc3NC(=O)C(F)(F)F)c2C(=O)c2ccc(=O)[nH]c21. The van der Waals surface area contributed by atoms with E-state index in [9.17, 15) is 50.3 Å². The van der Waals surface area contributed by atoms with Crippen molar-refractivity contribution < 1.29 is 45.5 Å². The summed E-state index contributed by atoms with van der Waals surface area (Å²) in [6, 6.07) is 13.2. The average molecular weight is 600 g/mol. The molecule has 4 aromatic rings. The lowest BCUT2D eigenvalue weighted by molar-refractivity contribution is -0.167. The molecule has 43 heavy (non-hydrogen) atoms. The van der Waals surface area contributed by atoms with Crippen LogP contribution in [-0.4, -0.2) is 45.7 Å². The van der Waals surface area contributed by atoms with Gasteiger partial charge in [0.2, 0.25) is 11.3 Å². The zero-order chi connectivity index (χ0) is 31.3. The van der Waals surface area contributed by atoms with E-state index >= 15 is 0 Å². The van der Waals surface area contributed by atoms with Gasteiger partial charge in [-0.3, -0.25) is 24.0 Å². The maximum Gasteiger partial charge on any atom is 0.471 e. The first-order chi connectivity index (χ1) is 20.2. The van der Waals surface area contributed by atoms with Crippen LogP contribution in [0.2, 0.25) is 0 Å². The first-order valence-corrected chi connectivity index (χ1v) is 12.0. The number of carbonyl (C=O) groups is 4. The zero-order valence-corrected chi connectivity index (χ0v) is 21.1. The highest BCUT2D eigenvalue weighted by Gasteiger charge is 2.41. The van der Waals surface area contributed by atoms with Crippen LogP contribution in [0.4, 0.5) is 37.7 Å². The summed E-state index contributed by atoms with van der Waals surface area (Å²) in [5, 5.41) is 3.41. The van der Waals surface area contributed by atoms with Crippen LogP contribution in [-0.2, 0) is 9.59 Å². The van der Waals surface area contributed by atoms with Gasteiger partial charge in [-0.2, -0.15) is 26.3 Å². The number of anilines is 2. The highest BCUT2D eigenvalue weighted by atomic mass is 19.4. The van der Waals surface area contributed by atoms with Gasteiger partial charge in [-0.1, -0.05) is 36.4 Å². The first-order valence-electron chi connectivity index (χ1n) is 12.0. The van der Waals surface area contributed by atoms with Crippen LogP contribution in [0.25, 0.3) is 22.4 Å². The molecule has 1 aliphatic rings. The molecule has 0 saturated carbocycles. The quantitative estimate of drug-likeness (QED) is 0.252. The molecule has 218 valence electrons. The number of hydrogen-bond donors (Lipinski definition) is 3. The number of nitrogens with zero attached hydrogens (tertiary/aromatic N) is 1. The number of nitrogens with one attached hydrogen (secondary N) is 3. The molecule has 2 heterocycles. The maximum atomic E-state index is 13.7. The Labute approximate surface area is 235 Å². The van der Waals surface area contributed by atoms with E-state index in [1.165, 1.54) is 36.4 Å². The maximum absolute atomic E-state index is 13.7. The third kappa shape index (κ3) is 5.39. The summed E-state index contributed by atoms with van der Waals surface area (Å²) < 4.78 is 78.4. The van der Waals surface area contributed by atoms with E-state index in [2.05, 4.69) is 9.97 Å². The van der Waals surface area contributed by atoms with E-state index in [1.807, 2.05) is 0 Å². The molecule has 0 bridgehead atoms. The van der Waals surface area contributed by atoms with Gasteiger partial charge in [-0.15, -0.1) is 0 Å². The number of pyridine rings is 2. The molecular formula is C28H14F6N4O5. The van der Waals surface area contributed by atoms with E-state index in [-0.39, 0.29) is 27.9 Å². The molecule has 9 nitrogen and oxygen atoms in total. The molecule has 2 aromatic heterocycles. The number of rotatable bonds is 4. The van der Waals surface area contributed by atoms with Gasteiger partial charge in [0.25, 0.3) is 0 Å².